The Morgan fingerprint density at radius 1 is 0.931 bits per heavy atom. The number of aromatic nitrogens is 1. The number of hydrogen-bond donors (Lipinski definition) is 2. The van der Waals surface area contributed by atoms with Gasteiger partial charge in [-0.1, -0.05) is 55.8 Å². The molecule has 0 saturated carbocycles. The summed E-state index contributed by atoms with van der Waals surface area (Å²) in [6.07, 6.45) is 1.57. The molecule has 0 bridgehead atoms. The first-order valence-electron chi connectivity index (χ1n) is 9.75. The molecule has 2 unspecified atom stereocenters. The first kappa shape index (κ1) is 23.4. The SMILES string of the molecule is CC(O)CC(C)O.CC1(C)c2ccccc2-c2cc[c-]c(-c3ccccn3)c21.[Ir]. The molecule has 2 N–H and O–H groups in total. The van der Waals surface area contributed by atoms with Crippen LogP contribution in [0.3, 0.4) is 0 Å². The second-order valence-corrected chi connectivity index (χ2v) is 7.96. The molecule has 0 saturated heterocycles. The fraction of sp³-hybridized carbons (Fsp3) is 0.320. The number of nitrogens with zero attached hydrogens (tertiary/aromatic N) is 1. The maximum atomic E-state index is 8.56. The number of hydrogen-bond acceptors (Lipinski definition) is 3. The van der Waals surface area contributed by atoms with Crippen molar-refractivity contribution in [1.82, 2.24) is 4.98 Å². The van der Waals surface area contributed by atoms with Crippen molar-refractivity contribution >= 4 is 0 Å². The fourth-order valence-corrected chi connectivity index (χ4v) is 3.98. The standard InChI is InChI=1S/C20H16N.C5H12O2.Ir/c1-20(2)17-11-4-3-8-14(17)15-9-7-10-16(19(15)20)18-12-5-6-13-21-18;1-4(6)3-5(2)7;/h3-9,11-13H,1-2H3;4-7H,3H2,1-2H3;/q-1;;. The Labute approximate surface area is 187 Å². The van der Waals surface area contributed by atoms with E-state index in [1.807, 2.05) is 24.4 Å². The maximum Gasteiger partial charge on any atom is 0.0536 e. The zero-order valence-corrected chi connectivity index (χ0v) is 19.7. The first-order chi connectivity index (χ1) is 13.3. The third-order valence-electron chi connectivity index (χ3n) is 5.12. The predicted molar refractivity (Wildman–Crippen MR) is 114 cm³/mol. The summed E-state index contributed by atoms with van der Waals surface area (Å²) in [5, 5.41) is 17.1. The van der Waals surface area contributed by atoms with E-state index in [4.69, 9.17) is 10.2 Å². The minimum absolute atomic E-state index is 0. The van der Waals surface area contributed by atoms with E-state index in [0.717, 1.165) is 11.3 Å². The Balaban J connectivity index is 0.000000327. The zero-order valence-electron chi connectivity index (χ0n) is 17.3. The van der Waals surface area contributed by atoms with Crippen LogP contribution in [0.1, 0.15) is 45.2 Å². The van der Waals surface area contributed by atoms with Crippen LogP contribution in [0.5, 0.6) is 0 Å². The maximum absolute atomic E-state index is 8.56. The molecular formula is C25H28IrNO2-. The van der Waals surface area contributed by atoms with E-state index >= 15 is 0 Å². The summed E-state index contributed by atoms with van der Waals surface area (Å²) in [6.45, 7) is 7.90. The van der Waals surface area contributed by atoms with Crippen LogP contribution in [-0.2, 0) is 25.5 Å². The average Bonchev–Trinajstić information content (AvgIpc) is 2.90. The summed E-state index contributed by atoms with van der Waals surface area (Å²) in [5.41, 5.74) is 7.47. The molecule has 1 aromatic heterocycles. The number of fused-ring (bicyclic) bond motifs is 3. The molecule has 0 aliphatic heterocycles. The normalized spacial score (nSPS) is 15.1. The third-order valence-corrected chi connectivity index (χ3v) is 5.12. The molecule has 1 radical (unpaired) electrons. The molecule has 4 heteroatoms. The van der Waals surface area contributed by atoms with E-state index in [1.54, 1.807) is 13.8 Å². The van der Waals surface area contributed by atoms with Crippen LogP contribution in [0.15, 0.2) is 60.8 Å². The molecule has 29 heavy (non-hydrogen) atoms. The number of rotatable bonds is 3. The van der Waals surface area contributed by atoms with Crippen LogP contribution in [0.4, 0.5) is 0 Å². The van der Waals surface area contributed by atoms with E-state index < -0.39 is 0 Å². The molecule has 1 aliphatic carbocycles. The molecule has 0 fully saturated rings. The van der Waals surface area contributed by atoms with Crippen molar-refractivity contribution < 1.29 is 30.3 Å². The predicted octanol–water partition coefficient (Wildman–Crippen LogP) is 4.99. The molecule has 155 valence electrons. The zero-order chi connectivity index (χ0) is 20.3. The van der Waals surface area contributed by atoms with Crippen molar-refractivity contribution in [3.05, 3.63) is 78.0 Å². The van der Waals surface area contributed by atoms with Gasteiger partial charge < -0.3 is 15.2 Å². The number of pyridine rings is 1. The van der Waals surface area contributed by atoms with Gasteiger partial charge in [-0.25, -0.2) is 0 Å². The monoisotopic (exact) mass is 567 g/mol. The van der Waals surface area contributed by atoms with Crippen molar-refractivity contribution in [2.45, 2.75) is 51.7 Å². The number of benzene rings is 2. The second kappa shape index (κ2) is 9.77. The van der Waals surface area contributed by atoms with Crippen molar-refractivity contribution in [3.63, 3.8) is 0 Å². The summed E-state index contributed by atoms with van der Waals surface area (Å²) in [7, 11) is 0. The van der Waals surface area contributed by atoms with Gasteiger partial charge in [0.15, 0.2) is 0 Å². The Morgan fingerprint density at radius 2 is 1.59 bits per heavy atom. The van der Waals surface area contributed by atoms with Gasteiger partial charge in [0.25, 0.3) is 0 Å². The minimum atomic E-state index is -0.375. The van der Waals surface area contributed by atoms with Gasteiger partial charge in [0, 0.05) is 26.3 Å². The number of aliphatic hydroxyl groups is 2. The Hall–Kier alpha value is -1.84. The number of aliphatic hydroxyl groups excluding tert-OH is 2. The van der Waals surface area contributed by atoms with Gasteiger partial charge >= 0.3 is 0 Å². The van der Waals surface area contributed by atoms with E-state index in [9.17, 15) is 0 Å². The van der Waals surface area contributed by atoms with E-state index in [-0.39, 0.29) is 37.7 Å². The van der Waals surface area contributed by atoms with Crippen molar-refractivity contribution in [1.29, 1.82) is 0 Å². The Bertz CT molecular complexity index is 931. The molecule has 1 aliphatic rings. The molecule has 0 amide bonds. The van der Waals surface area contributed by atoms with E-state index in [2.05, 4.69) is 61.3 Å². The van der Waals surface area contributed by atoms with Crippen molar-refractivity contribution in [2.24, 2.45) is 0 Å². The summed E-state index contributed by atoms with van der Waals surface area (Å²) in [5.74, 6) is 0. The topological polar surface area (TPSA) is 53.4 Å². The third kappa shape index (κ3) is 5.02. The minimum Gasteiger partial charge on any atom is -0.393 e. The molecule has 3 aromatic rings. The van der Waals surface area contributed by atoms with Crippen molar-refractivity contribution in [3.8, 4) is 22.4 Å². The Morgan fingerprint density at radius 3 is 2.17 bits per heavy atom. The molecule has 2 atom stereocenters. The summed E-state index contributed by atoms with van der Waals surface area (Å²) < 4.78 is 0. The van der Waals surface area contributed by atoms with Gasteiger partial charge in [-0.05, 0) is 48.6 Å². The van der Waals surface area contributed by atoms with Crippen molar-refractivity contribution in [2.75, 3.05) is 0 Å². The summed E-state index contributed by atoms with van der Waals surface area (Å²) in [4.78, 5) is 4.52. The molecular weight excluding hydrogens is 538 g/mol. The Kier molecular flexibility index (Phi) is 7.90. The van der Waals surface area contributed by atoms with E-state index in [0.29, 0.717) is 6.42 Å². The van der Waals surface area contributed by atoms with Crippen LogP contribution in [0.2, 0.25) is 0 Å². The van der Waals surface area contributed by atoms with Gasteiger partial charge in [0.2, 0.25) is 0 Å². The second-order valence-electron chi connectivity index (χ2n) is 7.96. The molecule has 0 spiro atoms. The van der Waals surface area contributed by atoms with Gasteiger partial charge in [0.1, 0.15) is 0 Å². The van der Waals surface area contributed by atoms with Crippen LogP contribution in [-0.4, -0.2) is 27.4 Å². The van der Waals surface area contributed by atoms with Gasteiger partial charge in [-0.15, -0.1) is 29.3 Å². The summed E-state index contributed by atoms with van der Waals surface area (Å²) in [6, 6.07) is 22.3. The molecule has 1 heterocycles. The fourth-order valence-electron chi connectivity index (χ4n) is 3.98. The van der Waals surface area contributed by atoms with Crippen LogP contribution < -0.4 is 0 Å². The summed E-state index contributed by atoms with van der Waals surface area (Å²) >= 11 is 0. The molecule has 4 rings (SSSR count). The smallest absolute Gasteiger partial charge is 0.0536 e. The van der Waals surface area contributed by atoms with E-state index in [1.165, 1.54) is 22.3 Å². The van der Waals surface area contributed by atoms with Crippen LogP contribution in [0, 0.1) is 6.07 Å². The van der Waals surface area contributed by atoms with Crippen LogP contribution >= 0.6 is 0 Å². The van der Waals surface area contributed by atoms with Gasteiger partial charge in [0.05, 0.1) is 12.2 Å². The van der Waals surface area contributed by atoms with Crippen LogP contribution in [0.25, 0.3) is 22.4 Å². The average molecular weight is 567 g/mol. The first-order valence-corrected chi connectivity index (χ1v) is 9.75. The largest absolute Gasteiger partial charge is 0.393 e. The van der Waals surface area contributed by atoms with Gasteiger partial charge in [-0.2, -0.15) is 0 Å². The molecule has 2 aromatic carbocycles. The van der Waals surface area contributed by atoms with Gasteiger partial charge in [-0.3, -0.25) is 0 Å². The quantitative estimate of drug-likeness (QED) is 0.440. The molecule has 3 nitrogen and oxygen atoms in total.